The molecule has 2 aromatic rings. The van der Waals surface area contributed by atoms with Crippen LogP contribution < -0.4 is 4.74 Å². The molecule has 0 heterocycles. The predicted molar refractivity (Wildman–Crippen MR) is 95.5 cm³/mol. The van der Waals surface area contributed by atoms with Gasteiger partial charge in [-0.25, -0.2) is 0 Å². The molecule has 0 amide bonds. The molecule has 0 aromatic heterocycles. The number of rotatable bonds is 2. The lowest BCUT2D eigenvalue weighted by atomic mass is 9.91. The third-order valence-corrected chi connectivity index (χ3v) is 4.37. The van der Waals surface area contributed by atoms with Gasteiger partial charge in [0.1, 0.15) is 5.75 Å². The zero-order valence-corrected chi connectivity index (χ0v) is 14.8. The first kappa shape index (κ1) is 19.4. The molecule has 0 radical (unpaired) electrons. The van der Waals surface area contributed by atoms with E-state index < -0.39 is 6.36 Å². The van der Waals surface area contributed by atoms with E-state index in [1.54, 1.807) is 12.1 Å². The van der Waals surface area contributed by atoms with Crippen molar-refractivity contribution in [1.29, 1.82) is 0 Å². The molecule has 136 valence electrons. The number of alkyl halides is 3. The molecule has 2 aromatic carbocycles. The molecule has 0 spiro atoms. The fourth-order valence-corrected chi connectivity index (χ4v) is 2.90. The van der Waals surface area contributed by atoms with Crippen LogP contribution in [0.3, 0.4) is 0 Å². The summed E-state index contributed by atoms with van der Waals surface area (Å²) in [6, 6.07) is 13.6. The largest absolute Gasteiger partial charge is 0.573 e. The van der Waals surface area contributed by atoms with Gasteiger partial charge >= 0.3 is 6.36 Å². The Balaban J connectivity index is 0.000000269. The van der Waals surface area contributed by atoms with Gasteiger partial charge in [-0.2, -0.15) is 0 Å². The molecular formula is C21H25F3O. The van der Waals surface area contributed by atoms with Crippen LogP contribution in [0.2, 0.25) is 0 Å². The Kier molecular flexibility index (Phi) is 6.91. The van der Waals surface area contributed by atoms with E-state index in [0.717, 1.165) is 22.6 Å². The van der Waals surface area contributed by atoms with E-state index in [-0.39, 0.29) is 5.75 Å². The summed E-state index contributed by atoms with van der Waals surface area (Å²) in [4.78, 5) is 0. The van der Waals surface area contributed by atoms with Crippen LogP contribution >= 0.6 is 0 Å². The Bertz CT molecular complexity index is 624. The first-order chi connectivity index (χ1) is 11.8. The quantitative estimate of drug-likeness (QED) is 0.559. The summed E-state index contributed by atoms with van der Waals surface area (Å²) in [5.41, 5.74) is 2.94. The molecule has 1 aliphatic rings. The summed E-state index contributed by atoms with van der Waals surface area (Å²) in [6.45, 7) is 4.34. The van der Waals surface area contributed by atoms with E-state index in [1.165, 1.54) is 44.2 Å². The molecule has 1 aliphatic carbocycles. The van der Waals surface area contributed by atoms with Crippen LogP contribution in [-0.2, 0) is 0 Å². The molecule has 25 heavy (non-hydrogen) atoms. The molecule has 4 heteroatoms. The summed E-state index contributed by atoms with van der Waals surface area (Å²) in [5, 5.41) is 0. The van der Waals surface area contributed by atoms with Gasteiger partial charge < -0.3 is 4.74 Å². The van der Waals surface area contributed by atoms with Crippen molar-refractivity contribution in [2.75, 3.05) is 0 Å². The Morgan fingerprint density at radius 2 is 1.28 bits per heavy atom. The highest BCUT2D eigenvalue weighted by Crippen LogP contribution is 2.26. The van der Waals surface area contributed by atoms with Crippen LogP contribution in [0, 0.1) is 12.8 Å². The Hall–Kier alpha value is -1.97. The zero-order valence-electron chi connectivity index (χ0n) is 14.8. The zero-order chi connectivity index (χ0) is 18.3. The Morgan fingerprint density at radius 1 is 0.800 bits per heavy atom. The van der Waals surface area contributed by atoms with Crippen LogP contribution in [-0.4, -0.2) is 6.36 Å². The maximum atomic E-state index is 12.0. The molecule has 0 N–H and O–H groups in total. The van der Waals surface area contributed by atoms with Gasteiger partial charge in [0, 0.05) is 0 Å². The second-order valence-electron chi connectivity index (χ2n) is 6.68. The maximum absolute atomic E-state index is 12.0. The van der Waals surface area contributed by atoms with Gasteiger partial charge in [-0.05, 0) is 36.1 Å². The first-order valence-electron chi connectivity index (χ1n) is 8.76. The van der Waals surface area contributed by atoms with Crippen molar-refractivity contribution in [2.24, 2.45) is 5.92 Å². The summed E-state index contributed by atoms with van der Waals surface area (Å²) in [6.07, 6.45) is 2.79. The van der Waals surface area contributed by atoms with E-state index >= 15 is 0 Å². The van der Waals surface area contributed by atoms with Crippen molar-refractivity contribution >= 4 is 0 Å². The number of benzene rings is 2. The van der Waals surface area contributed by atoms with Crippen molar-refractivity contribution in [1.82, 2.24) is 0 Å². The molecular weight excluding hydrogens is 325 g/mol. The SMILES string of the molecule is CC1CCCCC1.Cc1ccc(-c2ccc(OC(F)(F)F)cc2)cc1. The van der Waals surface area contributed by atoms with Crippen molar-refractivity contribution in [3.05, 3.63) is 54.1 Å². The van der Waals surface area contributed by atoms with Crippen molar-refractivity contribution in [2.45, 2.75) is 52.3 Å². The normalized spacial score (nSPS) is 15.2. The minimum Gasteiger partial charge on any atom is -0.406 e. The first-order valence-corrected chi connectivity index (χ1v) is 8.76. The van der Waals surface area contributed by atoms with Crippen LogP contribution in [0.25, 0.3) is 11.1 Å². The highest BCUT2D eigenvalue weighted by molar-refractivity contribution is 5.64. The molecule has 1 fully saturated rings. The summed E-state index contributed by atoms with van der Waals surface area (Å²) >= 11 is 0. The number of hydrogen-bond donors (Lipinski definition) is 0. The minimum atomic E-state index is -4.65. The number of aryl methyl sites for hydroxylation is 1. The summed E-state index contributed by atoms with van der Waals surface area (Å²) in [5.74, 6) is 0.826. The Labute approximate surface area is 147 Å². The van der Waals surface area contributed by atoms with Crippen LogP contribution in [0.15, 0.2) is 48.5 Å². The van der Waals surface area contributed by atoms with Gasteiger partial charge in [0.05, 0.1) is 0 Å². The molecule has 1 nitrogen and oxygen atoms in total. The van der Waals surface area contributed by atoms with Gasteiger partial charge in [0.2, 0.25) is 0 Å². The molecule has 1 saturated carbocycles. The van der Waals surface area contributed by atoms with Crippen molar-refractivity contribution in [3.8, 4) is 16.9 Å². The monoisotopic (exact) mass is 350 g/mol. The highest BCUT2D eigenvalue weighted by atomic mass is 19.4. The molecule has 0 atom stereocenters. The fraction of sp³-hybridized carbons (Fsp3) is 0.429. The summed E-state index contributed by atoms with van der Waals surface area (Å²) in [7, 11) is 0. The van der Waals surface area contributed by atoms with Gasteiger partial charge in [-0.3, -0.25) is 0 Å². The van der Waals surface area contributed by atoms with Crippen LogP contribution in [0.4, 0.5) is 13.2 Å². The smallest absolute Gasteiger partial charge is 0.406 e. The van der Waals surface area contributed by atoms with E-state index in [2.05, 4.69) is 11.7 Å². The molecule has 3 rings (SSSR count). The second kappa shape index (κ2) is 8.93. The lowest BCUT2D eigenvalue weighted by Gasteiger charge is -2.15. The topological polar surface area (TPSA) is 9.23 Å². The average Bonchev–Trinajstić information content (AvgIpc) is 2.56. The van der Waals surface area contributed by atoms with Gasteiger partial charge in [0.25, 0.3) is 0 Å². The summed E-state index contributed by atoms with van der Waals surface area (Å²) < 4.78 is 39.8. The molecule has 0 unspecified atom stereocenters. The minimum absolute atomic E-state index is 0.210. The highest BCUT2D eigenvalue weighted by Gasteiger charge is 2.30. The average molecular weight is 350 g/mol. The van der Waals surface area contributed by atoms with E-state index in [0.29, 0.717) is 0 Å². The van der Waals surface area contributed by atoms with Crippen LogP contribution in [0.5, 0.6) is 5.75 Å². The molecule has 0 bridgehead atoms. The van der Waals surface area contributed by atoms with Gasteiger partial charge in [-0.15, -0.1) is 13.2 Å². The van der Waals surface area contributed by atoms with E-state index in [4.69, 9.17) is 0 Å². The molecule has 0 aliphatic heterocycles. The molecule has 0 saturated heterocycles. The Morgan fingerprint density at radius 3 is 1.68 bits per heavy atom. The van der Waals surface area contributed by atoms with Crippen molar-refractivity contribution < 1.29 is 17.9 Å². The fourth-order valence-electron chi connectivity index (χ4n) is 2.90. The lowest BCUT2D eigenvalue weighted by molar-refractivity contribution is -0.274. The van der Waals surface area contributed by atoms with Gasteiger partial charge in [-0.1, -0.05) is 81.0 Å². The second-order valence-corrected chi connectivity index (χ2v) is 6.68. The van der Waals surface area contributed by atoms with E-state index in [9.17, 15) is 13.2 Å². The number of hydrogen-bond acceptors (Lipinski definition) is 1. The van der Waals surface area contributed by atoms with Crippen molar-refractivity contribution in [3.63, 3.8) is 0 Å². The maximum Gasteiger partial charge on any atom is 0.573 e. The standard InChI is InChI=1S/C14H11F3O.C7H14/c1-10-2-4-11(5-3-10)12-6-8-13(9-7-12)18-14(15,16)17;1-7-5-3-2-4-6-7/h2-9H,1H3;7H,2-6H2,1H3. The third-order valence-electron chi connectivity index (χ3n) is 4.37. The number of halogens is 3. The van der Waals surface area contributed by atoms with Gasteiger partial charge in [0.15, 0.2) is 0 Å². The third kappa shape index (κ3) is 7.20. The van der Waals surface area contributed by atoms with E-state index in [1.807, 2.05) is 31.2 Å². The van der Waals surface area contributed by atoms with Crippen LogP contribution in [0.1, 0.15) is 44.6 Å². The lowest BCUT2D eigenvalue weighted by Crippen LogP contribution is -2.16. The number of ether oxygens (including phenoxy) is 1. The predicted octanol–water partition coefficient (Wildman–Crippen LogP) is 7.15.